The first-order chi connectivity index (χ1) is 7.84. The van der Waals surface area contributed by atoms with Gasteiger partial charge in [-0.2, -0.15) is 5.10 Å². The first-order valence-corrected chi connectivity index (χ1v) is 6.19. The summed E-state index contributed by atoms with van der Waals surface area (Å²) in [5.41, 5.74) is 0.315. The third-order valence-electron chi connectivity index (χ3n) is 3.62. The van der Waals surface area contributed by atoms with Gasteiger partial charge in [-0.25, -0.2) is 0 Å². The van der Waals surface area contributed by atoms with Gasteiger partial charge in [-0.3, -0.25) is 5.10 Å². The van der Waals surface area contributed by atoms with E-state index in [4.69, 9.17) is 9.31 Å². The highest BCUT2D eigenvalue weighted by Crippen LogP contribution is 2.41. The molecule has 0 amide bonds. The van der Waals surface area contributed by atoms with E-state index in [9.17, 15) is 0 Å². The molecule has 2 heterocycles. The van der Waals surface area contributed by atoms with Gasteiger partial charge in [-0.15, -0.1) is 0 Å². The predicted octanol–water partition coefficient (Wildman–Crippen LogP) is 1.74. The number of aromatic nitrogens is 2. The Bertz CT molecular complexity index is 378. The topological polar surface area (TPSA) is 47.1 Å². The van der Waals surface area contributed by atoms with Crippen molar-refractivity contribution in [3.05, 3.63) is 12.3 Å². The zero-order valence-electron chi connectivity index (χ0n) is 11.3. The summed E-state index contributed by atoms with van der Waals surface area (Å²) in [7, 11) is -0.337. The van der Waals surface area contributed by atoms with Gasteiger partial charge in [0, 0.05) is 6.20 Å². The fourth-order valence-corrected chi connectivity index (χ4v) is 2.39. The molecule has 5 heteroatoms. The number of hydrogen-bond donors (Lipinski definition) is 1. The average Bonchev–Trinajstić information content (AvgIpc) is 2.72. The predicted molar refractivity (Wildman–Crippen MR) is 68.1 cm³/mol. The third kappa shape index (κ3) is 2.26. The number of hydrogen-bond acceptors (Lipinski definition) is 3. The molecule has 17 heavy (non-hydrogen) atoms. The van der Waals surface area contributed by atoms with E-state index in [1.165, 1.54) is 0 Å². The van der Waals surface area contributed by atoms with Crippen LogP contribution in [0.2, 0.25) is 0 Å². The molecule has 1 fully saturated rings. The van der Waals surface area contributed by atoms with Crippen molar-refractivity contribution >= 4 is 12.7 Å². The van der Waals surface area contributed by atoms with Gasteiger partial charge in [0.1, 0.15) is 0 Å². The van der Waals surface area contributed by atoms with Crippen LogP contribution >= 0.6 is 0 Å². The van der Waals surface area contributed by atoms with Crippen molar-refractivity contribution in [2.45, 2.75) is 52.2 Å². The molecule has 1 aliphatic rings. The number of rotatable bonds is 3. The van der Waals surface area contributed by atoms with E-state index in [1.807, 2.05) is 6.07 Å². The van der Waals surface area contributed by atoms with E-state index in [0.29, 0.717) is 5.92 Å². The van der Waals surface area contributed by atoms with Crippen molar-refractivity contribution < 1.29 is 9.31 Å². The summed E-state index contributed by atoms with van der Waals surface area (Å²) in [5.74, 6) is 0.573. The second kappa shape index (κ2) is 4.14. The van der Waals surface area contributed by atoms with Crippen molar-refractivity contribution in [3.63, 3.8) is 0 Å². The van der Waals surface area contributed by atoms with Crippen molar-refractivity contribution in [1.29, 1.82) is 0 Å². The molecule has 2 rings (SSSR count). The van der Waals surface area contributed by atoms with Crippen LogP contribution < -0.4 is 5.59 Å². The molecule has 1 N–H and O–H groups in total. The summed E-state index contributed by atoms with van der Waals surface area (Å²) >= 11 is 0. The van der Waals surface area contributed by atoms with E-state index >= 15 is 0 Å². The maximum atomic E-state index is 6.13. The molecule has 1 aromatic rings. The number of nitrogens with one attached hydrogen (secondary N) is 1. The highest BCUT2D eigenvalue weighted by molar-refractivity contribution is 6.61. The van der Waals surface area contributed by atoms with Crippen molar-refractivity contribution in [1.82, 2.24) is 10.2 Å². The summed E-state index contributed by atoms with van der Waals surface area (Å²) in [5, 5.41) is 6.85. The standard InChI is InChI=1S/C12H21BN2O2/c1-9(2)8-12(5)11(3,4)16-13(17-12)10-6-7-14-15-10/h6-7,9H,8H2,1-5H3,(H,14,15). The highest BCUT2D eigenvalue weighted by Gasteiger charge is 2.54. The summed E-state index contributed by atoms with van der Waals surface area (Å²) < 4.78 is 12.1. The third-order valence-corrected chi connectivity index (χ3v) is 3.62. The van der Waals surface area contributed by atoms with Gasteiger partial charge in [-0.1, -0.05) is 13.8 Å². The van der Waals surface area contributed by atoms with Crippen LogP contribution in [0.1, 0.15) is 41.0 Å². The largest absolute Gasteiger partial charge is 0.513 e. The van der Waals surface area contributed by atoms with Gasteiger partial charge < -0.3 is 9.31 Å². The molecule has 1 aromatic heterocycles. The summed E-state index contributed by atoms with van der Waals surface area (Å²) in [6.45, 7) is 10.7. The molecule has 1 atom stereocenters. The second-order valence-corrected chi connectivity index (χ2v) is 5.92. The monoisotopic (exact) mass is 236 g/mol. The van der Waals surface area contributed by atoms with Crippen LogP contribution in [0.3, 0.4) is 0 Å². The van der Waals surface area contributed by atoms with Crippen LogP contribution in [0.15, 0.2) is 12.3 Å². The molecule has 1 saturated heterocycles. The summed E-state index contributed by atoms with van der Waals surface area (Å²) in [4.78, 5) is 0. The Balaban J connectivity index is 2.20. The summed E-state index contributed by atoms with van der Waals surface area (Å²) in [6, 6.07) is 1.89. The van der Waals surface area contributed by atoms with Crippen LogP contribution in [0.5, 0.6) is 0 Å². The van der Waals surface area contributed by atoms with Crippen LogP contribution in [0.4, 0.5) is 0 Å². The zero-order valence-corrected chi connectivity index (χ0v) is 11.3. The molecule has 1 aliphatic heterocycles. The quantitative estimate of drug-likeness (QED) is 0.813. The van der Waals surface area contributed by atoms with Crippen LogP contribution in [-0.2, 0) is 9.31 Å². The molecule has 4 nitrogen and oxygen atoms in total. The Hall–Kier alpha value is -0.805. The van der Waals surface area contributed by atoms with Gasteiger partial charge >= 0.3 is 7.12 Å². The van der Waals surface area contributed by atoms with E-state index in [0.717, 1.165) is 12.0 Å². The lowest BCUT2D eigenvalue weighted by atomic mass is 9.81. The molecule has 0 spiro atoms. The van der Waals surface area contributed by atoms with Gasteiger partial charge in [0.25, 0.3) is 0 Å². The lowest BCUT2D eigenvalue weighted by molar-refractivity contribution is -0.0239. The molecular formula is C12H21BN2O2. The fraction of sp³-hybridized carbons (Fsp3) is 0.750. The van der Waals surface area contributed by atoms with Crippen molar-refractivity contribution in [3.8, 4) is 0 Å². The molecule has 0 bridgehead atoms. The molecule has 1 unspecified atom stereocenters. The smallest absolute Gasteiger partial charge is 0.398 e. The molecule has 0 radical (unpaired) electrons. The highest BCUT2D eigenvalue weighted by atomic mass is 16.7. The first kappa shape index (κ1) is 12.6. The van der Waals surface area contributed by atoms with Crippen LogP contribution in [0.25, 0.3) is 0 Å². The first-order valence-electron chi connectivity index (χ1n) is 6.19. The molecule has 0 aromatic carbocycles. The normalized spacial score (nSPS) is 28.0. The number of aromatic amines is 1. The second-order valence-electron chi connectivity index (χ2n) is 5.92. The lowest BCUT2D eigenvalue weighted by Crippen LogP contribution is -2.45. The van der Waals surface area contributed by atoms with Crippen molar-refractivity contribution in [2.75, 3.05) is 0 Å². The van der Waals surface area contributed by atoms with Crippen LogP contribution in [0, 0.1) is 5.92 Å². The van der Waals surface area contributed by atoms with E-state index in [2.05, 4.69) is 44.8 Å². The van der Waals surface area contributed by atoms with E-state index in [-0.39, 0.29) is 18.3 Å². The minimum Gasteiger partial charge on any atom is -0.398 e. The Morgan fingerprint density at radius 2 is 2.06 bits per heavy atom. The molecular weight excluding hydrogens is 215 g/mol. The maximum absolute atomic E-state index is 6.13. The minimum atomic E-state index is -0.337. The molecule has 0 aliphatic carbocycles. The minimum absolute atomic E-state index is 0.267. The molecule has 94 valence electrons. The van der Waals surface area contributed by atoms with Crippen molar-refractivity contribution in [2.24, 2.45) is 5.92 Å². The fourth-order valence-electron chi connectivity index (χ4n) is 2.39. The average molecular weight is 236 g/mol. The SMILES string of the molecule is CC(C)CC1(C)OB(c2ccn[nH]2)OC1(C)C. The Morgan fingerprint density at radius 1 is 1.35 bits per heavy atom. The van der Waals surface area contributed by atoms with E-state index in [1.54, 1.807) is 6.20 Å². The zero-order chi connectivity index (χ0) is 12.7. The number of nitrogens with zero attached hydrogens (tertiary/aromatic N) is 1. The van der Waals surface area contributed by atoms with Gasteiger partial charge in [-0.05, 0) is 39.2 Å². The molecule has 0 saturated carbocycles. The Labute approximate surface area is 103 Å². The lowest BCUT2D eigenvalue weighted by Gasteiger charge is -2.37. The van der Waals surface area contributed by atoms with E-state index < -0.39 is 0 Å². The summed E-state index contributed by atoms with van der Waals surface area (Å²) in [6.07, 6.45) is 2.69. The van der Waals surface area contributed by atoms with Gasteiger partial charge in [0.2, 0.25) is 0 Å². The maximum Gasteiger partial charge on any atom is 0.513 e. The van der Waals surface area contributed by atoms with Gasteiger partial charge in [0.05, 0.1) is 16.8 Å². The number of H-pyrrole nitrogens is 1. The Kier molecular flexibility index (Phi) is 3.08. The van der Waals surface area contributed by atoms with Crippen LogP contribution in [-0.4, -0.2) is 28.5 Å². The Morgan fingerprint density at radius 3 is 2.59 bits per heavy atom. The van der Waals surface area contributed by atoms with Gasteiger partial charge in [0.15, 0.2) is 0 Å².